The van der Waals surface area contributed by atoms with E-state index in [1.165, 1.54) is 43.6 Å². The van der Waals surface area contributed by atoms with Gasteiger partial charge in [0.2, 0.25) is 5.13 Å². The number of fused-ring (bicyclic) bond motifs is 1. The van der Waals surface area contributed by atoms with Gasteiger partial charge in [-0.1, -0.05) is 12.8 Å². The number of aromatic nitrogens is 2. The minimum atomic E-state index is -0.706. The van der Waals surface area contributed by atoms with Gasteiger partial charge in [0.1, 0.15) is 11.9 Å². The average Bonchev–Trinajstić information content (AvgIpc) is 3.05. The van der Waals surface area contributed by atoms with Gasteiger partial charge in [-0.15, -0.1) is 0 Å². The van der Waals surface area contributed by atoms with Gasteiger partial charge in [0.25, 0.3) is 0 Å². The van der Waals surface area contributed by atoms with E-state index in [9.17, 15) is 9.90 Å². The monoisotopic (exact) mass is 293 g/mol. The Balaban J connectivity index is 1.65. The molecule has 3 unspecified atom stereocenters. The molecule has 3 fully saturated rings. The van der Waals surface area contributed by atoms with Gasteiger partial charge < -0.3 is 10.0 Å². The maximum absolute atomic E-state index is 11.6. The lowest BCUT2D eigenvalue weighted by Crippen LogP contribution is -2.42. The lowest BCUT2D eigenvalue weighted by molar-refractivity contribution is -0.138. The average molecular weight is 293 g/mol. The lowest BCUT2D eigenvalue weighted by atomic mass is 9.85. The highest BCUT2D eigenvalue weighted by Crippen LogP contribution is 2.45. The van der Waals surface area contributed by atoms with E-state index in [1.54, 1.807) is 0 Å². The molecule has 1 aromatic heterocycles. The summed E-state index contributed by atoms with van der Waals surface area (Å²) in [6, 6.07) is -0.0343. The van der Waals surface area contributed by atoms with Crippen molar-refractivity contribution in [3.05, 3.63) is 5.82 Å². The van der Waals surface area contributed by atoms with Gasteiger partial charge in [-0.25, -0.2) is 9.78 Å². The number of nitrogens with zero attached hydrogens (tertiary/aromatic N) is 3. The van der Waals surface area contributed by atoms with Crippen LogP contribution in [0.2, 0.25) is 0 Å². The first-order valence-electron chi connectivity index (χ1n) is 7.59. The van der Waals surface area contributed by atoms with Crippen molar-refractivity contribution in [2.45, 2.75) is 62.9 Å². The molecule has 0 amide bonds. The largest absolute Gasteiger partial charge is 0.480 e. The first-order valence-corrected chi connectivity index (χ1v) is 8.36. The van der Waals surface area contributed by atoms with Gasteiger partial charge in [-0.3, -0.25) is 0 Å². The van der Waals surface area contributed by atoms with Crippen molar-refractivity contribution < 1.29 is 9.90 Å². The van der Waals surface area contributed by atoms with Crippen LogP contribution in [0, 0.1) is 5.92 Å². The summed E-state index contributed by atoms with van der Waals surface area (Å²) in [7, 11) is 0. The van der Waals surface area contributed by atoms with Crippen LogP contribution in [0.4, 0.5) is 5.13 Å². The number of carboxylic acid groups (broad SMARTS) is 1. The Kier molecular flexibility index (Phi) is 2.94. The smallest absolute Gasteiger partial charge is 0.326 e. The number of hydrogen-bond donors (Lipinski definition) is 1. The van der Waals surface area contributed by atoms with Crippen molar-refractivity contribution in [3.8, 4) is 0 Å². The molecule has 4 rings (SSSR count). The summed E-state index contributed by atoms with van der Waals surface area (Å²) in [5.41, 5.74) is 0. The highest BCUT2D eigenvalue weighted by molar-refractivity contribution is 7.09. The second-order valence-corrected chi connectivity index (χ2v) is 7.05. The summed E-state index contributed by atoms with van der Waals surface area (Å²) >= 11 is 1.39. The molecule has 2 aliphatic carbocycles. The predicted octanol–water partition coefficient (Wildman–Crippen LogP) is 2.64. The van der Waals surface area contributed by atoms with E-state index >= 15 is 0 Å². The summed E-state index contributed by atoms with van der Waals surface area (Å²) in [5.74, 6) is 1.29. The molecule has 0 radical (unpaired) electrons. The summed E-state index contributed by atoms with van der Waals surface area (Å²) in [4.78, 5) is 18.3. The molecule has 0 aromatic carbocycles. The molecule has 6 heteroatoms. The molecule has 3 atom stereocenters. The topological polar surface area (TPSA) is 66.3 Å². The van der Waals surface area contributed by atoms with Crippen molar-refractivity contribution in [1.29, 1.82) is 0 Å². The predicted molar refractivity (Wildman–Crippen MR) is 76.1 cm³/mol. The number of carboxylic acids is 1. The molecule has 0 bridgehead atoms. The van der Waals surface area contributed by atoms with Gasteiger partial charge >= 0.3 is 5.97 Å². The van der Waals surface area contributed by atoms with Gasteiger partial charge in [-0.05, 0) is 38.0 Å². The van der Waals surface area contributed by atoms with Gasteiger partial charge in [0, 0.05) is 23.5 Å². The van der Waals surface area contributed by atoms with Crippen LogP contribution in [0.15, 0.2) is 0 Å². The Hall–Kier alpha value is -1.17. The molecule has 1 aromatic rings. The van der Waals surface area contributed by atoms with Crippen LogP contribution in [0.1, 0.15) is 56.7 Å². The number of hydrogen-bond acceptors (Lipinski definition) is 5. The van der Waals surface area contributed by atoms with Crippen LogP contribution < -0.4 is 4.90 Å². The quantitative estimate of drug-likeness (QED) is 0.928. The maximum atomic E-state index is 11.6. The second-order valence-electron chi connectivity index (χ2n) is 6.32. The summed E-state index contributed by atoms with van der Waals surface area (Å²) in [5, 5.41) is 10.4. The van der Waals surface area contributed by atoms with Crippen molar-refractivity contribution in [2.24, 2.45) is 5.92 Å². The molecule has 20 heavy (non-hydrogen) atoms. The number of anilines is 1. The third kappa shape index (κ3) is 2.01. The van der Waals surface area contributed by atoms with E-state index in [2.05, 4.69) is 14.3 Å². The van der Waals surface area contributed by atoms with E-state index in [0.29, 0.717) is 17.9 Å². The minimum absolute atomic E-state index is 0.366. The van der Waals surface area contributed by atoms with Gasteiger partial charge in [0.05, 0.1) is 0 Å². The summed E-state index contributed by atoms with van der Waals surface area (Å²) in [6.45, 7) is 0. The highest BCUT2D eigenvalue weighted by Gasteiger charge is 2.46. The zero-order valence-corrected chi connectivity index (χ0v) is 12.2. The Labute approximate surface area is 122 Å². The standard InChI is InChI=1S/C14H19N3O2S/c18-13(19)11-7-9-3-1-2-4-10(9)17(11)14-15-12(16-20-14)8-5-6-8/h8-11H,1-7H2,(H,18,19). The zero-order chi connectivity index (χ0) is 13.7. The van der Waals surface area contributed by atoms with Gasteiger partial charge in [-0.2, -0.15) is 4.37 Å². The van der Waals surface area contributed by atoms with Crippen LogP contribution in [0.25, 0.3) is 0 Å². The maximum Gasteiger partial charge on any atom is 0.326 e. The molecule has 5 nitrogen and oxygen atoms in total. The van der Waals surface area contributed by atoms with Crippen molar-refractivity contribution >= 4 is 22.6 Å². The van der Waals surface area contributed by atoms with Crippen LogP contribution in [-0.2, 0) is 4.79 Å². The molecular weight excluding hydrogens is 274 g/mol. The van der Waals surface area contributed by atoms with E-state index in [-0.39, 0.29) is 0 Å². The molecule has 1 aliphatic heterocycles. The fourth-order valence-corrected chi connectivity index (χ4v) is 4.65. The van der Waals surface area contributed by atoms with Crippen LogP contribution >= 0.6 is 11.5 Å². The fraction of sp³-hybridized carbons (Fsp3) is 0.786. The normalized spacial score (nSPS) is 33.2. The molecule has 2 saturated carbocycles. The summed E-state index contributed by atoms with van der Waals surface area (Å²) < 4.78 is 4.45. The minimum Gasteiger partial charge on any atom is -0.480 e. The Bertz CT molecular complexity index is 528. The van der Waals surface area contributed by atoms with E-state index in [0.717, 1.165) is 23.8 Å². The van der Waals surface area contributed by atoms with E-state index < -0.39 is 12.0 Å². The first kappa shape index (κ1) is 12.6. The lowest BCUT2D eigenvalue weighted by Gasteiger charge is -2.32. The van der Waals surface area contributed by atoms with Crippen LogP contribution in [-0.4, -0.2) is 32.5 Å². The second kappa shape index (κ2) is 4.69. The van der Waals surface area contributed by atoms with Crippen LogP contribution in [0.3, 0.4) is 0 Å². The Morgan fingerprint density at radius 3 is 2.80 bits per heavy atom. The molecular formula is C14H19N3O2S. The molecule has 0 spiro atoms. The Morgan fingerprint density at radius 1 is 1.25 bits per heavy atom. The number of carbonyl (C=O) groups is 1. The molecule has 1 N–H and O–H groups in total. The molecule has 108 valence electrons. The van der Waals surface area contributed by atoms with Crippen molar-refractivity contribution in [3.63, 3.8) is 0 Å². The van der Waals surface area contributed by atoms with E-state index in [1.807, 2.05) is 0 Å². The third-order valence-corrected chi connectivity index (χ3v) is 5.71. The number of aliphatic carboxylic acids is 1. The first-order chi connectivity index (χ1) is 9.74. The molecule has 1 saturated heterocycles. The SMILES string of the molecule is O=C(O)C1CC2CCCCC2N1c1nc(C2CC2)ns1. The Morgan fingerprint density at radius 2 is 2.05 bits per heavy atom. The highest BCUT2D eigenvalue weighted by atomic mass is 32.1. The summed E-state index contributed by atoms with van der Waals surface area (Å²) in [6.07, 6.45) is 7.86. The van der Waals surface area contributed by atoms with Crippen molar-refractivity contribution in [1.82, 2.24) is 9.36 Å². The third-order valence-electron chi connectivity index (χ3n) is 4.97. The number of rotatable bonds is 3. The zero-order valence-electron chi connectivity index (χ0n) is 11.4. The van der Waals surface area contributed by atoms with Gasteiger partial charge in [0.15, 0.2) is 0 Å². The van der Waals surface area contributed by atoms with Crippen LogP contribution in [0.5, 0.6) is 0 Å². The fourth-order valence-electron chi connectivity index (χ4n) is 3.79. The van der Waals surface area contributed by atoms with E-state index in [4.69, 9.17) is 0 Å². The van der Waals surface area contributed by atoms with Crippen molar-refractivity contribution in [2.75, 3.05) is 4.90 Å². The molecule has 2 heterocycles. The molecule has 3 aliphatic rings.